The summed E-state index contributed by atoms with van der Waals surface area (Å²) in [6, 6.07) is 10.2. The van der Waals surface area contributed by atoms with Crippen molar-refractivity contribution in [2.45, 2.75) is 19.9 Å². The van der Waals surface area contributed by atoms with E-state index in [0.29, 0.717) is 33.5 Å². The SMILES string of the molecule is CCOC(=O)C1=C(C)NC(=S)N[C@@H]1c1ccccc1OCC(=O)NN=Cc1ccc(N2CCN(C)CC2)o1. The van der Waals surface area contributed by atoms with Crippen molar-refractivity contribution in [3.05, 3.63) is 59.0 Å². The predicted octanol–water partition coefficient (Wildman–Crippen LogP) is 1.92. The lowest BCUT2D eigenvalue weighted by Gasteiger charge is -2.32. The molecule has 1 aromatic heterocycles. The highest BCUT2D eigenvalue weighted by atomic mass is 32.1. The summed E-state index contributed by atoms with van der Waals surface area (Å²) in [7, 11) is 2.10. The van der Waals surface area contributed by atoms with Gasteiger partial charge >= 0.3 is 5.97 Å². The Morgan fingerprint density at radius 3 is 2.74 bits per heavy atom. The summed E-state index contributed by atoms with van der Waals surface area (Å²) in [6.45, 7) is 7.19. The number of carbonyl (C=O) groups is 2. The fourth-order valence-electron chi connectivity index (χ4n) is 4.21. The van der Waals surface area contributed by atoms with E-state index in [9.17, 15) is 9.59 Å². The van der Waals surface area contributed by atoms with Crippen LogP contribution in [0.3, 0.4) is 0 Å². The summed E-state index contributed by atoms with van der Waals surface area (Å²) in [5.41, 5.74) is 4.07. The number of carbonyl (C=O) groups excluding carboxylic acids is 2. The van der Waals surface area contributed by atoms with Gasteiger partial charge in [-0.05, 0) is 45.2 Å². The van der Waals surface area contributed by atoms with Gasteiger partial charge in [-0.3, -0.25) is 4.79 Å². The molecule has 1 aromatic carbocycles. The molecular formula is C26H32N6O5S. The van der Waals surface area contributed by atoms with Gasteiger partial charge in [-0.15, -0.1) is 0 Å². The number of nitrogens with one attached hydrogen (secondary N) is 3. The largest absolute Gasteiger partial charge is 0.483 e. The number of benzene rings is 1. The number of ether oxygens (including phenoxy) is 2. The number of para-hydroxylation sites is 1. The molecule has 2 aliphatic heterocycles. The van der Waals surface area contributed by atoms with Crippen molar-refractivity contribution in [1.29, 1.82) is 0 Å². The van der Waals surface area contributed by atoms with Gasteiger partial charge in [-0.25, -0.2) is 10.2 Å². The maximum absolute atomic E-state index is 12.7. The maximum Gasteiger partial charge on any atom is 0.338 e. The third-order valence-corrected chi connectivity index (χ3v) is 6.38. The van der Waals surface area contributed by atoms with Crippen LogP contribution in [0.1, 0.15) is 31.2 Å². The van der Waals surface area contributed by atoms with Gasteiger partial charge < -0.3 is 34.3 Å². The molecule has 3 N–H and O–H groups in total. The second-order valence-electron chi connectivity index (χ2n) is 8.88. The van der Waals surface area contributed by atoms with Crippen molar-refractivity contribution < 1.29 is 23.5 Å². The molecule has 0 radical (unpaired) electrons. The average Bonchev–Trinajstić information content (AvgIpc) is 3.36. The zero-order chi connectivity index (χ0) is 27.1. The first-order chi connectivity index (χ1) is 18.4. The van der Waals surface area contributed by atoms with Crippen LogP contribution < -0.4 is 25.7 Å². The van der Waals surface area contributed by atoms with Crippen molar-refractivity contribution in [1.82, 2.24) is 21.0 Å². The predicted molar refractivity (Wildman–Crippen MR) is 147 cm³/mol. The van der Waals surface area contributed by atoms with Gasteiger partial charge in [0.15, 0.2) is 17.6 Å². The smallest absolute Gasteiger partial charge is 0.338 e. The van der Waals surface area contributed by atoms with Crippen molar-refractivity contribution in [2.75, 3.05) is 51.3 Å². The lowest BCUT2D eigenvalue weighted by atomic mass is 9.95. The second kappa shape index (κ2) is 12.6. The molecular weight excluding hydrogens is 508 g/mol. The summed E-state index contributed by atoms with van der Waals surface area (Å²) in [5.74, 6) is 0.822. The van der Waals surface area contributed by atoms with E-state index < -0.39 is 17.9 Å². The number of furan rings is 1. The van der Waals surface area contributed by atoms with Crippen LogP contribution in [-0.4, -0.2) is 74.5 Å². The van der Waals surface area contributed by atoms with Crippen LogP contribution in [0.4, 0.5) is 5.88 Å². The number of thiocarbonyl (C=S) groups is 1. The molecule has 0 saturated carbocycles. The lowest BCUT2D eigenvalue weighted by molar-refractivity contribution is -0.139. The zero-order valence-electron chi connectivity index (χ0n) is 21.7. The van der Waals surface area contributed by atoms with E-state index in [1.807, 2.05) is 18.2 Å². The maximum atomic E-state index is 12.7. The number of piperazine rings is 1. The molecule has 1 saturated heterocycles. The summed E-state index contributed by atoms with van der Waals surface area (Å²) in [5, 5.41) is 10.4. The van der Waals surface area contributed by atoms with Crippen LogP contribution in [0, 0.1) is 0 Å². The quantitative estimate of drug-likeness (QED) is 0.188. The molecule has 0 aliphatic carbocycles. The topological polar surface area (TPSA) is 121 Å². The van der Waals surface area contributed by atoms with Gasteiger partial charge in [0.1, 0.15) is 11.5 Å². The average molecular weight is 541 g/mol. The summed E-state index contributed by atoms with van der Waals surface area (Å²) < 4.78 is 16.9. The molecule has 4 rings (SSSR count). The number of esters is 1. The van der Waals surface area contributed by atoms with E-state index in [1.165, 1.54) is 6.21 Å². The first-order valence-electron chi connectivity index (χ1n) is 12.4. The Morgan fingerprint density at radius 1 is 1.21 bits per heavy atom. The number of hydrazone groups is 1. The molecule has 2 aromatic rings. The van der Waals surface area contributed by atoms with Gasteiger partial charge in [-0.2, -0.15) is 5.10 Å². The Balaban J connectivity index is 1.36. The molecule has 0 bridgehead atoms. The van der Waals surface area contributed by atoms with Crippen LogP contribution in [0.15, 0.2) is 57.2 Å². The molecule has 2 aliphatic rings. The summed E-state index contributed by atoms with van der Waals surface area (Å²) >= 11 is 5.30. The Morgan fingerprint density at radius 2 is 1.97 bits per heavy atom. The molecule has 12 heteroatoms. The standard InChI is InChI=1S/C26H32N6O5S/c1-4-35-25(34)23-17(2)28-26(38)29-24(23)19-7-5-6-8-20(19)36-16-21(33)30-27-15-18-9-10-22(37-18)32-13-11-31(3)12-14-32/h5-10,15,24H,4,11-14,16H2,1-3H3,(H,30,33)(H2,28,29,38)/t24-/m1/s1. The summed E-state index contributed by atoms with van der Waals surface area (Å²) in [4.78, 5) is 29.5. The molecule has 3 heterocycles. The molecule has 1 amide bonds. The van der Waals surface area contributed by atoms with E-state index in [0.717, 1.165) is 32.1 Å². The fourth-order valence-corrected chi connectivity index (χ4v) is 4.48. The highest BCUT2D eigenvalue weighted by Gasteiger charge is 2.32. The van der Waals surface area contributed by atoms with Crippen LogP contribution in [-0.2, 0) is 14.3 Å². The van der Waals surface area contributed by atoms with Crippen LogP contribution in [0.5, 0.6) is 5.75 Å². The Kier molecular flexibility index (Phi) is 8.98. The molecule has 0 spiro atoms. The normalized spacial score (nSPS) is 18.2. The van der Waals surface area contributed by atoms with Crippen molar-refractivity contribution in [3.63, 3.8) is 0 Å². The van der Waals surface area contributed by atoms with Crippen molar-refractivity contribution in [2.24, 2.45) is 5.10 Å². The number of hydrogen-bond acceptors (Lipinski definition) is 9. The molecule has 0 unspecified atom stereocenters. The van der Waals surface area contributed by atoms with E-state index in [4.69, 9.17) is 26.1 Å². The third-order valence-electron chi connectivity index (χ3n) is 6.16. The number of nitrogens with zero attached hydrogens (tertiary/aromatic N) is 3. The van der Waals surface area contributed by atoms with Gasteiger partial charge in [0.25, 0.3) is 5.91 Å². The third kappa shape index (κ3) is 6.69. The minimum Gasteiger partial charge on any atom is -0.483 e. The van der Waals surface area contributed by atoms with Crippen molar-refractivity contribution >= 4 is 41.3 Å². The monoisotopic (exact) mass is 540 g/mol. The lowest BCUT2D eigenvalue weighted by Crippen LogP contribution is -2.45. The van der Waals surface area contributed by atoms with Gasteiger partial charge in [0.05, 0.1) is 24.4 Å². The molecule has 11 nitrogen and oxygen atoms in total. The van der Waals surface area contributed by atoms with Gasteiger partial charge in [0.2, 0.25) is 0 Å². The number of likely N-dealkylation sites (N-methyl/N-ethyl adjacent to an activating group) is 1. The number of anilines is 1. The minimum absolute atomic E-state index is 0.237. The van der Waals surface area contributed by atoms with Gasteiger partial charge in [-0.1, -0.05) is 18.2 Å². The number of rotatable bonds is 9. The van der Waals surface area contributed by atoms with Crippen LogP contribution in [0.25, 0.3) is 0 Å². The second-order valence-corrected chi connectivity index (χ2v) is 9.28. The Hall–Kier alpha value is -3.90. The van der Waals surface area contributed by atoms with Gasteiger partial charge in [0, 0.05) is 43.5 Å². The molecule has 38 heavy (non-hydrogen) atoms. The Bertz CT molecular complexity index is 1230. The number of amides is 1. The summed E-state index contributed by atoms with van der Waals surface area (Å²) in [6.07, 6.45) is 1.45. The van der Waals surface area contributed by atoms with Crippen LogP contribution in [0.2, 0.25) is 0 Å². The number of hydrogen-bond donors (Lipinski definition) is 3. The molecule has 1 atom stereocenters. The minimum atomic E-state index is -0.603. The molecule has 1 fully saturated rings. The number of allylic oxidation sites excluding steroid dienone is 1. The molecule has 202 valence electrons. The van der Waals surface area contributed by atoms with E-state index in [2.05, 4.69) is 38.0 Å². The Labute approximate surface area is 226 Å². The van der Waals surface area contributed by atoms with Crippen molar-refractivity contribution in [3.8, 4) is 5.75 Å². The zero-order valence-corrected chi connectivity index (χ0v) is 22.5. The highest BCUT2D eigenvalue weighted by molar-refractivity contribution is 7.80. The highest BCUT2D eigenvalue weighted by Crippen LogP contribution is 2.33. The van der Waals surface area contributed by atoms with E-state index in [-0.39, 0.29) is 13.2 Å². The van der Waals surface area contributed by atoms with E-state index >= 15 is 0 Å². The first-order valence-corrected chi connectivity index (χ1v) is 12.8. The first kappa shape index (κ1) is 27.1. The van der Waals surface area contributed by atoms with E-state index in [1.54, 1.807) is 32.0 Å². The fraction of sp³-hybridized carbons (Fsp3) is 0.385. The van der Waals surface area contributed by atoms with Crippen LogP contribution >= 0.6 is 12.2 Å².